The summed E-state index contributed by atoms with van der Waals surface area (Å²) in [6.45, 7) is 2.92. The number of hydrogen-bond donors (Lipinski definition) is 2. The predicted octanol–water partition coefficient (Wildman–Crippen LogP) is 1.16. The van der Waals surface area contributed by atoms with E-state index < -0.39 is 10.0 Å². The van der Waals surface area contributed by atoms with Crippen molar-refractivity contribution in [3.63, 3.8) is 0 Å². The van der Waals surface area contributed by atoms with Gasteiger partial charge in [0.15, 0.2) is 5.96 Å². The Kier molecular flexibility index (Phi) is 8.03. The Morgan fingerprint density at radius 3 is 2.52 bits per heavy atom. The third-order valence-electron chi connectivity index (χ3n) is 3.95. The lowest BCUT2D eigenvalue weighted by Gasteiger charge is -2.25. The van der Waals surface area contributed by atoms with Gasteiger partial charge in [-0.15, -0.1) is 0 Å². The first-order valence-corrected chi connectivity index (χ1v) is 9.51. The van der Waals surface area contributed by atoms with Crippen LogP contribution in [-0.2, 0) is 10.0 Å². The Labute approximate surface area is 129 Å². The van der Waals surface area contributed by atoms with Gasteiger partial charge in [0.25, 0.3) is 0 Å². The summed E-state index contributed by atoms with van der Waals surface area (Å²) in [7, 11) is 0.335. The van der Waals surface area contributed by atoms with Crippen molar-refractivity contribution < 1.29 is 8.42 Å². The summed E-state index contributed by atoms with van der Waals surface area (Å²) in [5.41, 5.74) is 0. The van der Waals surface area contributed by atoms with E-state index in [1.807, 2.05) is 0 Å². The van der Waals surface area contributed by atoms with Crippen molar-refractivity contribution in [2.45, 2.75) is 51.5 Å². The molecule has 2 N–H and O–H groups in total. The first-order valence-electron chi connectivity index (χ1n) is 7.90. The second kappa shape index (κ2) is 9.25. The summed E-state index contributed by atoms with van der Waals surface area (Å²) in [5, 5.41) is 6.70. The number of nitrogens with zero attached hydrogens (tertiary/aromatic N) is 2. The number of nitrogens with one attached hydrogen (secondary N) is 2. The molecule has 0 aromatic heterocycles. The van der Waals surface area contributed by atoms with Gasteiger partial charge in [-0.05, 0) is 26.2 Å². The third kappa shape index (κ3) is 6.65. The van der Waals surface area contributed by atoms with Crippen LogP contribution in [0.15, 0.2) is 4.99 Å². The van der Waals surface area contributed by atoms with E-state index in [-0.39, 0.29) is 5.75 Å². The van der Waals surface area contributed by atoms with Gasteiger partial charge in [0.2, 0.25) is 10.0 Å². The van der Waals surface area contributed by atoms with Crippen molar-refractivity contribution in [2.24, 2.45) is 4.99 Å². The Morgan fingerprint density at radius 1 is 1.29 bits per heavy atom. The van der Waals surface area contributed by atoms with Crippen molar-refractivity contribution in [2.75, 3.05) is 32.9 Å². The fraction of sp³-hybridized carbons (Fsp3) is 0.929. The molecule has 1 rings (SSSR count). The van der Waals surface area contributed by atoms with E-state index in [1.165, 1.54) is 36.4 Å². The van der Waals surface area contributed by atoms with Crippen LogP contribution >= 0.6 is 0 Å². The summed E-state index contributed by atoms with van der Waals surface area (Å²) < 4.78 is 24.7. The van der Waals surface area contributed by atoms with Gasteiger partial charge in [-0.1, -0.05) is 19.3 Å². The van der Waals surface area contributed by atoms with Crippen LogP contribution in [0.4, 0.5) is 0 Å². The minimum Gasteiger partial charge on any atom is -0.356 e. The zero-order chi connectivity index (χ0) is 15.7. The Hall–Kier alpha value is -0.820. The maximum absolute atomic E-state index is 11.6. The Bertz CT molecular complexity index is 417. The monoisotopic (exact) mass is 318 g/mol. The fourth-order valence-corrected chi connectivity index (χ4v) is 3.35. The number of aliphatic imine (C=N–C) groups is 1. The van der Waals surface area contributed by atoms with Crippen LogP contribution in [0.5, 0.6) is 0 Å². The number of guanidine groups is 1. The Morgan fingerprint density at radius 2 is 1.95 bits per heavy atom. The lowest BCUT2D eigenvalue weighted by atomic mass is 9.96. The summed E-state index contributed by atoms with van der Waals surface area (Å²) in [5.74, 6) is 0.977. The molecular formula is C14H30N4O2S. The molecule has 0 aliphatic heterocycles. The predicted molar refractivity (Wildman–Crippen MR) is 88.1 cm³/mol. The van der Waals surface area contributed by atoms with E-state index in [1.54, 1.807) is 21.0 Å². The lowest BCUT2D eigenvalue weighted by Crippen LogP contribution is -2.44. The van der Waals surface area contributed by atoms with Crippen molar-refractivity contribution in [1.29, 1.82) is 0 Å². The molecule has 0 saturated heterocycles. The molecule has 0 atom stereocenters. The highest BCUT2D eigenvalue weighted by molar-refractivity contribution is 7.89. The van der Waals surface area contributed by atoms with Crippen LogP contribution in [0.2, 0.25) is 0 Å². The average molecular weight is 318 g/mol. The molecule has 0 heterocycles. The summed E-state index contributed by atoms with van der Waals surface area (Å²) >= 11 is 0. The molecule has 0 aromatic rings. The largest absolute Gasteiger partial charge is 0.356 e. The highest BCUT2D eigenvalue weighted by Gasteiger charge is 2.15. The van der Waals surface area contributed by atoms with Crippen LogP contribution in [0.3, 0.4) is 0 Å². The number of hydrogen-bond acceptors (Lipinski definition) is 3. The highest BCUT2D eigenvalue weighted by Crippen LogP contribution is 2.17. The molecule has 21 heavy (non-hydrogen) atoms. The molecule has 0 unspecified atom stereocenters. The topological polar surface area (TPSA) is 73.8 Å². The maximum Gasteiger partial charge on any atom is 0.213 e. The van der Waals surface area contributed by atoms with Gasteiger partial charge in [-0.25, -0.2) is 12.7 Å². The molecule has 124 valence electrons. The molecule has 0 amide bonds. The molecule has 1 aliphatic rings. The van der Waals surface area contributed by atoms with Gasteiger partial charge >= 0.3 is 0 Å². The van der Waals surface area contributed by atoms with E-state index in [0.717, 1.165) is 18.9 Å². The van der Waals surface area contributed by atoms with E-state index in [2.05, 4.69) is 15.6 Å². The highest BCUT2D eigenvalue weighted by atomic mass is 32.2. The van der Waals surface area contributed by atoms with Gasteiger partial charge in [0.1, 0.15) is 0 Å². The fourth-order valence-electron chi connectivity index (χ4n) is 2.50. The third-order valence-corrected chi connectivity index (χ3v) is 5.81. The summed E-state index contributed by atoms with van der Waals surface area (Å²) in [6.07, 6.45) is 7.09. The van der Waals surface area contributed by atoms with Gasteiger partial charge in [-0.3, -0.25) is 4.99 Å². The van der Waals surface area contributed by atoms with Crippen LogP contribution < -0.4 is 10.6 Å². The zero-order valence-corrected chi connectivity index (χ0v) is 14.4. The van der Waals surface area contributed by atoms with Gasteiger partial charge in [-0.2, -0.15) is 0 Å². The summed E-state index contributed by atoms with van der Waals surface area (Å²) in [4.78, 5) is 4.23. The van der Waals surface area contributed by atoms with Crippen molar-refractivity contribution >= 4 is 16.0 Å². The van der Waals surface area contributed by atoms with E-state index >= 15 is 0 Å². The minimum atomic E-state index is -3.07. The van der Waals surface area contributed by atoms with Crippen LogP contribution in [-0.4, -0.2) is 57.7 Å². The first-order chi connectivity index (χ1) is 9.99. The molecule has 0 radical (unpaired) electrons. The standard InChI is InChI=1S/C14H30N4O2S/c1-4-21(19,20)18(3)12-8-11-16-14(15-2)17-13-9-6-5-7-10-13/h13H,4-12H2,1-3H3,(H2,15,16,17). The van der Waals surface area contributed by atoms with Crippen molar-refractivity contribution in [3.05, 3.63) is 0 Å². The second-order valence-corrected chi connectivity index (χ2v) is 7.92. The van der Waals surface area contributed by atoms with Crippen LogP contribution in [0, 0.1) is 0 Å². The average Bonchev–Trinajstić information content (AvgIpc) is 2.50. The molecule has 1 saturated carbocycles. The molecule has 7 heteroatoms. The smallest absolute Gasteiger partial charge is 0.213 e. The lowest BCUT2D eigenvalue weighted by molar-refractivity contribution is 0.409. The zero-order valence-electron chi connectivity index (χ0n) is 13.6. The second-order valence-electron chi connectivity index (χ2n) is 5.55. The number of rotatable bonds is 7. The molecule has 0 spiro atoms. The molecule has 6 nitrogen and oxygen atoms in total. The summed E-state index contributed by atoms with van der Waals surface area (Å²) in [6, 6.07) is 0.521. The quantitative estimate of drug-likeness (QED) is 0.420. The van der Waals surface area contributed by atoms with Crippen molar-refractivity contribution in [3.8, 4) is 0 Å². The van der Waals surface area contributed by atoms with E-state index in [4.69, 9.17) is 0 Å². The van der Waals surface area contributed by atoms with E-state index in [0.29, 0.717) is 12.6 Å². The molecule has 0 aromatic carbocycles. The van der Waals surface area contributed by atoms with Crippen LogP contribution in [0.25, 0.3) is 0 Å². The molecular weight excluding hydrogens is 288 g/mol. The van der Waals surface area contributed by atoms with Gasteiger partial charge < -0.3 is 10.6 Å². The Balaban J connectivity index is 2.23. The van der Waals surface area contributed by atoms with Gasteiger partial charge in [0, 0.05) is 33.2 Å². The van der Waals surface area contributed by atoms with Gasteiger partial charge in [0.05, 0.1) is 5.75 Å². The first kappa shape index (κ1) is 18.2. The van der Waals surface area contributed by atoms with Crippen molar-refractivity contribution in [1.82, 2.24) is 14.9 Å². The molecule has 1 aliphatic carbocycles. The number of sulfonamides is 1. The molecule has 1 fully saturated rings. The molecule has 0 bridgehead atoms. The maximum atomic E-state index is 11.6. The normalized spacial score (nSPS) is 18.0. The van der Waals surface area contributed by atoms with Crippen LogP contribution in [0.1, 0.15) is 45.4 Å². The minimum absolute atomic E-state index is 0.155. The SMILES string of the molecule is CCS(=O)(=O)N(C)CCCNC(=NC)NC1CCCCC1. The van der Waals surface area contributed by atoms with E-state index in [9.17, 15) is 8.42 Å².